The van der Waals surface area contributed by atoms with E-state index < -0.39 is 11.5 Å². The van der Waals surface area contributed by atoms with Crippen LogP contribution in [0.2, 0.25) is 0 Å². The van der Waals surface area contributed by atoms with E-state index in [-0.39, 0.29) is 49.2 Å². The van der Waals surface area contributed by atoms with Crippen molar-refractivity contribution in [2.45, 2.75) is 77.6 Å². The molecule has 1 aliphatic carbocycles. The minimum Gasteiger partial charge on any atom is -0.465 e. The fourth-order valence-electron chi connectivity index (χ4n) is 3.77. The molecule has 0 aromatic heterocycles. The predicted molar refractivity (Wildman–Crippen MR) is 103 cm³/mol. The number of methoxy groups -OCH3 is 1. The zero-order valence-corrected chi connectivity index (χ0v) is 17.6. The molecule has 0 spiro atoms. The number of epoxide rings is 1. The van der Waals surface area contributed by atoms with E-state index in [0.29, 0.717) is 25.9 Å². The average Bonchev–Trinajstić information content (AvgIpc) is 3.37. The van der Waals surface area contributed by atoms with Crippen LogP contribution >= 0.6 is 0 Å². The molecule has 162 valence electrons. The van der Waals surface area contributed by atoms with Crippen LogP contribution in [0.25, 0.3) is 0 Å². The van der Waals surface area contributed by atoms with E-state index in [1.165, 1.54) is 0 Å². The Hall–Kier alpha value is -1.18. The lowest BCUT2D eigenvalue weighted by molar-refractivity contribution is -0.162. The van der Waals surface area contributed by atoms with Gasteiger partial charge in [-0.05, 0) is 39.0 Å². The Morgan fingerprint density at radius 2 is 1.89 bits per heavy atom. The molecular weight excluding hydrogens is 364 g/mol. The largest absolute Gasteiger partial charge is 0.465 e. The van der Waals surface area contributed by atoms with Gasteiger partial charge >= 0.3 is 11.9 Å². The van der Waals surface area contributed by atoms with Crippen LogP contribution in [0, 0.1) is 17.3 Å². The van der Waals surface area contributed by atoms with Crippen LogP contribution in [-0.2, 0) is 28.5 Å². The summed E-state index contributed by atoms with van der Waals surface area (Å²) in [5.74, 6) is -0.982. The van der Waals surface area contributed by atoms with E-state index in [4.69, 9.17) is 18.9 Å². The molecule has 28 heavy (non-hydrogen) atoms. The third-order valence-corrected chi connectivity index (χ3v) is 5.78. The average molecular weight is 401 g/mol. The Morgan fingerprint density at radius 1 is 1.21 bits per heavy atom. The molecule has 1 N–H and O–H groups in total. The molecule has 2 rings (SSSR count). The summed E-state index contributed by atoms with van der Waals surface area (Å²) in [7, 11) is 1.57. The minimum absolute atomic E-state index is 0.110. The zero-order valence-electron chi connectivity index (χ0n) is 17.6. The van der Waals surface area contributed by atoms with E-state index in [9.17, 15) is 14.7 Å². The van der Waals surface area contributed by atoms with Crippen molar-refractivity contribution in [3.63, 3.8) is 0 Å². The lowest BCUT2D eigenvalue weighted by Gasteiger charge is -2.30. The van der Waals surface area contributed by atoms with Gasteiger partial charge in [0, 0.05) is 7.11 Å². The Kier molecular flexibility index (Phi) is 8.71. The number of esters is 2. The van der Waals surface area contributed by atoms with Crippen molar-refractivity contribution in [3.8, 4) is 0 Å². The monoisotopic (exact) mass is 400 g/mol. The fourth-order valence-corrected chi connectivity index (χ4v) is 3.77. The molecule has 1 aliphatic heterocycles. The predicted octanol–water partition coefficient (Wildman–Crippen LogP) is 2.48. The molecule has 0 bridgehead atoms. The van der Waals surface area contributed by atoms with Crippen molar-refractivity contribution < 1.29 is 33.6 Å². The molecule has 0 aromatic rings. The molecule has 0 aromatic carbocycles. The van der Waals surface area contributed by atoms with Gasteiger partial charge < -0.3 is 24.1 Å². The lowest BCUT2D eigenvalue weighted by Crippen LogP contribution is -2.38. The topological polar surface area (TPSA) is 94.6 Å². The summed E-state index contributed by atoms with van der Waals surface area (Å²) in [6, 6.07) is 0. The first-order valence-electron chi connectivity index (χ1n) is 10.4. The Labute approximate surface area is 168 Å². The van der Waals surface area contributed by atoms with Gasteiger partial charge in [0.2, 0.25) is 0 Å². The highest BCUT2D eigenvalue weighted by Crippen LogP contribution is 2.30. The Bertz CT molecular complexity index is 523. The molecule has 6 unspecified atom stereocenters. The van der Waals surface area contributed by atoms with E-state index in [2.05, 4.69) is 0 Å². The second-order valence-electron chi connectivity index (χ2n) is 8.70. The van der Waals surface area contributed by atoms with Gasteiger partial charge in [-0.3, -0.25) is 9.59 Å². The van der Waals surface area contributed by atoms with Crippen LogP contribution in [0.1, 0.15) is 59.3 Å². The number of rotatable bonds is 11. The normalized spacial score (nSPS) is 30.2. The Morgan fingerprint density at radius 3 is 2.46 bits per heavy atom. The van der Waals surface area contributed by atoms with E-state index in [1.807, 2.05) is 20.8 Å². The van der Waals surface area contributed by atoms with Gasteiger partial charge in [0.05, 0.1) is 42.2 Å². The first-order chi connectivity index (χ1) is 13.3. The molecule has 2 aliphatic rings. The van der Waals surface area contributed by atoms with E-state index in [0.717, 1.165) is 19.3 Å². The van der Waals surface area contributed by atoms with Gasteiger partial charge in [-0.1, -0.05) is 20.3 Å². The van der Waals surface area contributed by atoms with Crippen molar-refractivity contribution in [2.24, 2.45) is 17.3 Å². The number of carbonyl (C=O) groups is 2. The fraction of sp³-hybridized carbons (Fsp3) is 0.905. The molecule has 6 atom stereocenters. The number of ether oxygens (including phenoxy) is 4. The van der Waals surface area contributed by atoms with Gasteiger partial charge in [-0.25, -0.2) is 0 Å². The smallest absolute Gasteiger partial charge is 0.309 e. The molecule has 1 saturated heterocycles. The number of hydrogen-bond donors (Lipinski definition) is 1. The van der Waals surface area contributed by atoms with Crippen LogP contribution in [0.5, 0.6) is 0 Å². The molecule has 7 heteroatoms. The molecule has 0 amide bonds. The summed E-state index contributed by atoms with van der Waals surface area (Å²) in [5.41, 5.74) is -0.616. The number of aliphatic hydroxyl groups is 1. The highest BCUT2D eigenvalue weighted by molar-refractivity contribution is 5.73. The third-order valence-electron chi connectivity index (χ3n) is 5.78. The second kappa shape index (κ2) is 10.6. The summed E-state index contributed by atoms with van der Waals surface area (Å²) < 4.78 is 21.8. The molecule has 2 fully saturated rings. The maximum absolute atomic E-state index is 12.5. The van der Waals surface area contributed by atoms with Gasteiger partial charge in [0.25, 0.3) is 0 Å². The maximum atomic E-state index is 12.5. The van der Waals surface area contributed by atoms with Crippen LogP contribution < -0.4 is 0 Å². The molecule has 0 radical (unpaired) electrons. The summed E-state index contributed by atoms with van der Waals surface area (Å²) in [6.45, 7) is 6.38. The maximum Gasteiger partial charge on any atom is 0.309 e. The highest BCUT2D eigenvalue weighted by atomic mass is 16.6. The van der Waals surface area contributed by atoms with Crippen LogP contribution in [-0.4, -0.2) is 62.3 Å². The van der Waals surface area contributed by atoms with Crippen molar-refractivity contribution in [1.29, 1.82) is 0 Å². The first kappa shape index (κ1) is 23.1. The van der Waals surface area contributed by atoms with Crippen LogP contribution in [0.4, 0.5) is 0 Å². The van der Waals surface area contributed by atoms with E-state index >= 15 is 0 Å². The zero-order chi connectivity index (χ0) is 20.7. The third kappa shape index (κ3) is 7.01. The van der Waals surface area contributed by atoms with Gasteiger partial charge in [0.1, 0.15) is 13.2 Å². The lowest BCUT2D eigenvalue weighted by atomic mass is 9.87. The molecular formula is C21H36O7. The van der Waals surface area contributed by atoms with Gasteiger partial charge in [-0.2, -0.15) is 0 Å². The van der Waals surface area contributed by atoms with Crippen molar-refractivity contribution in [1.82, 2.24) is 0 Å². The highest BCUT2D eigenvalue weighted by Gasteiger charge is 2.39. The second-order valence-corrected chi connectivity index (χ2v) is 8.70. The van der Waals surface area contributed by atoms with Gasteiger partial charge in [0.15, 0.2) is 0 Å². The summed E-state index contributed by atoms with van der Waals surface area (Å²) >= 11 is 0. The minimum atomic E-state index is -0.616. The van der Waals surface area contributed by atoms with Crippen molar-refractivity contribution in [3.05, 3.63) is 0 Å². The standard InChI is InChI=1S/C21H36O7/c1-5-15(10-18-14(2)28-18)19(23)26-12-21(3,11-25-4)13-27-20(24)16-7-6-8-17(22)9-16/h14-18,22H,5-13H2,1-4H3. The SMILES string of the molecule is CCC(CC1OC1C)C(=O)OCC(C)(COC)COC(=O)C1CCCC(O)C1. The molecule has 1 saturated carbocycles. The molecule has 7 nitrogen and oxygen atoms in total. The Balaban J connectivity index is 1.82. The molecule has 1 heterocycles. The summed E-state index contributed by atoms with van der Waals surface area (Å²) in [5, 5.41) is 9.75. The van der Waals surface area contributed by atoms with Gasteiger partial charge in [-0.15, -0.1) is 0 Å². The number of hydrogen-bond acceptors (Lipinski definition) is 7. The quantitative estimate of drug-likeness (QED) is 0.420. The first-order valence-corrected chi connectivity index (χ1v) is 10.4. The van der Waals surface area contributed by atoms with Crippen molar-refractivity contribution >= 4 is 11.9 Å². The van der Waals surface area contributed by atoms with Crippen LogP contribution in [0.3, 0.4) is 0 Å². The van der Waals surface area contributed by atoms with Crippen LogP contribution in [0.15, 0.2) is 0 Å². The van der Waals surface area contributed by atoms with E-state index in [1.54, 1.807) is 7.11 Å². The number of carbonyl (C=O) groups excluding carboxylic acids is 2. The number of aliphatic hydroxyl groups excluding tert-OH is 1. The summed E-state index contributed by atoms with van der Waals surface area (Å²) in [6.07, 6.45) is 4.08. The summed E-state index contributed by atoms with van der Waals surface area (Å²) in [4.78, 5) is 24.8. The van der Waals surface area contributed by atoms with Crippen molar-refractivity contribution in [2.75, 3.05) is 26.9 Å².